The molecule has 0 aliphatic rings. The Morgan fingerprint density at radius 1 is 1.28 bits per heavy atom. The largest absolute Gasteiger partial charge is 0.348 e. The van der Waals surface area contributed by atoms with Crippen molar-refractivity contribution >= 4 is 17.5 Å². The third-order valence-electron chi connectivity index (χ3n) is 2.65. The SMILES string of the molecule is Cc1ncccc1C(=O)NCc1ccccc1Cl. The summed E-state index contributed by atoms with van der Waals surface area (Å²) < 4.78 is 0. The predicted molar refractivity (Wildman–Crippen MR) is 71.6 cm³/mol. The number of pyridine rings is 1. The summed E-state index contributed by atoms with van der Waals surface area (Å²) in [7, 11) is 0. The first-order valence-electron chi connectivity index (χ1n) is 5.61. The lowest BCUT2D eigenvalue weighted by molar-refractivity contribution is 0.0950. The van der Waals surface area contributed by atoms with Gasteiger partial charge in [0.25, 0.3) is 5.91 Å². The van der Waals surface area contributed by atoms with E-state index >= 15 is 0 Å². The van der Waals surface area contributed by atoms with Gasteiger partial charge in [0, 0.05) is 23.5 Å². The molecule has 0 fully saturated rings. The van der Waals surface area contributed by atoms with E-state index in [1.807, 2.05) is 25.1 Å². The molecular formula is C14H13ClN2O. The molecular weight excluding hydrogens is 248 g/mol. The fraction of sp³-hybridized carbons (Fsp3) is 0.143. The quantitative estimate of drug-likeness (QED) is 0.922. The van der Waals surface area contributed by atoms with Gasteiger partial charge in [0.05, 0.1) is 5.56 Å². The molecule has 1 aromatic heterocycles. The van der Waals surface area contributed by atoms with Crippen LogP contribution in [0.25, 0.3) is 0 Å². The Morgan fingerprint density at radius 2 is 2.06 bits per heavy atom. The zero-order valence-corrected chi connectivity index (χ0v) is 10.7. The minimum Gasteiger partial charge on any atom is -0.348 e. The van der Waals surface area contributed by atoms with E-state index in [4.69, 9.17) is 11.6 Å². The third kappa shape index (κ3) is 2.87. The van der Waals surface area contributed by atoms with Crippen LogP contribution in [0.4, 0.5) is 0 Å². The normalized spacial score (nSPS) is 10.1. The average molecular weight is 261 g/mol. The van der Waals surface area contributed by atoms with E-state index in [9.17, 15) is 4.79 Å². The van der Waals surface area contributed by atoms with Crippen molar-refractivity contribution in [2.24, 2.45) is 0 Å². The highest BCUT2D eigenvalue weighted by Crippen LogP contribution is 2.14. The summed E-state index contributed by atoms with van der Waals surface area (Å²) in [6, 6.07) is 10.9. The summed E-state index contributed by atoms with van der Waals surface area (Å²) in [4.78, 5) is 16.0. The molecule has 2 aromatic rings. The molecule has 0 radical (unpaired) electrons. The van der Waals surface area contributed by atoms with Gasteiger partial charge in [0.2, 0.25) is 0 Å². The fourth-order valence-corrected chi connectivity index (χ4v) is 1.84. The van der Waals surface area contributed by atoms with E-state index in [1.165, 1.54) is 0 Å². The molecule has 18 heavy (non-hydrogen) atoms. The lowest BCUT2D eigenvalue weighted by atomic mass is 10.2. The van der Waals surface area contributed by atoms with Gasteiger partial charge in [-0.05, 0) is 30.7 Å². The smallest absolute Gasteiger partial charge is 0.253 e. The Hall–Kier alpha value is -1.87. The van der Waals surface area contributed by atoms with Crippen LogP contribution in [0.3, 0.4) is 0 Å². The van der Waals surface area contributed by atoms with Crippen molar-refractivity contribution in [3.05, 3.63) is 64.4 Å². The van der Waals surface area contributed by atoms with Gasteiger partial charge in [0.1, 0.15) is 0 Å². The molecule has 0 unspecified atom stereocenters. The third-order valence-corrected chi connectivity index (χ3v) is 3.02. The van der Waals surface area contributed by atoms with Gasteiger partial charge in [0.15, 0.2) is 0 Å². The summed E-state index contributed by atoms with van der Waals surface area (Å²) in [6.45, 7) is 2.22. The van der Waals surface area contributed by atoms with E-state index < -0.39 is 0 Å². The maximum atomic E-state index is 12.0. The number of aryl methyl sites for hydroxylation is 1. The molecule has 0 aliphatic carbocycles. The molecule has 1 N–H and O–H groups in total. The van der Waals surface area contributed by atoms with Crippen LogP contribution in [0, 0.1) is 6.92 Å². The van der Waals surface area contributed by atoms with Crippen molar-refractivity contribution in [2.45, 2.75) is 13.5 Å². The van der Waals surface area contributed by atoms with Crippen LogP contribution in [-0.2, 0) is 6.54 Å². The van der Waals surface area contributed by atoms with Gasteiger partial charge in [-0.2, -0.15) is 0 Å². The van der Waals surface area contributed by atoms with Crippen molar-refractivity contribution in [1.29, 1.82) is 0 Å². The molecule has 3 nitrogen and oxygen atoms in total. The summed E-state index contributed by atoms with van der Waals surface area (Å²) >= 11 is 6.02. The van der Waals surface area contributed by atoms with Gasteiger partial charge in [-0.25, -0.2) is 0 Å². The minimum atomic E-state index is -0.138. The number of carbonyl (C=O) groups excluding carboxylic acids is 1. The van der Waals surface area contributed by atoms with Crippen molar-refractivity contribution in [2.75, 3.05) is 0 Å². The van der Waals surface area contributed by atoms with Crippen LogP contribution in [0.15, 0.2) is 42.6 Å². The zero-order valence-electron chi connectivity index (χ0n) is 9.98. The Bertz CT molecular complexity index is 569. The number of halogens is 1. The molecule has 0 spiro atoms. The number of hydrogen-bond acceptors (Lipinski definition) is 2. The lowest BCUT2D eigenvalue weighted by Crippen LogP contribution is -2.24. The number of benzene rings is 1. The topological polar surface area (TPSA) is 42.0 Å². The van der Waals surface area contributed by atoms with E-state index in [0.717, 1.165) is 5.56 Å². The van der Waals surface area contributed by atoms with Crippen LogP contribution in [0.2, 0.25) is 5.02 Å². The number of rotatable bonds is 3. The maximum absolute atomic E-state index is 12.0. The van der Waals surface area contributed by atoms with Gasteiger partial charge >= 0.3 is 0 Å². The number of nitrogens with one attached hydrogen (secondary N) is 1. The van der Waals surface area contributed by atoms with E-state index in [1.54, 1.807) is 24.4 Å². The monoisotopic (exact) mass is 260 g/mol. The second-order valence-electron chi connectivity index (χ2n) is 3.91. The van der Waals surface area contributed by atoms with Crippen LogP contribution in [0.5, 0.6) is 0 Å². The molecule has 0 saturated heterocycles. The molecule has 0 bridgehead atoms. The molecule has 0 saturated carbocycles. The number of amides is 1. The van der Waals surface area contributed by atoms with Crippen molar-refractivity contribution in [1.82, 2.24) is 10.3 Å². The maximum Gasteiger partial charge on any atom is 0.253 e. The summed E-state index contributed by atoms with van der Waals surface area (Å²) in [5.74, 6) is -0.138. The zero-order chi connectivity index (χ0) is 13.0. The summed E-state index contributed by atoms with van der Waals surface area (Å²) in [5.41, 5.74) is 2.20. The molecule has 1 aromatic carbocycles. The van der Waals surface area contributed by atoms with Gasteiger partial charge in [-0.1, -0.05) is 29.8 Å². The Balaban J connectivity index is 2.06. The number of nitrogens with zero attached hydrogens (tertiary/aromatic N) is 1. The standard InChI is InChI=1S/C14H13ClN2O/c1-10-12(6-4-8-16-10)14(18)17-9-11-5-2-3-7-13(11)15/h2-8H,9H2,1H3,(H,17,18). The molecule has 0 atom stereocenters. The second kappa shape index (κ2) is 5.65. The molecule has 4 heteroatoms. The van der Waals surface area contributed by atoms with Crippen molar-refractivity contribution in [3.8, 4) is 0 Å². The van der Waals surface area contributed by atoms with Gasteiger partial charge in [-0.15, -0.1) is 0 Å². The number of hydrogen-bond donors (Lipinski definition) is 1. The minimum absolute atomic E-state index is 0.138. The van der Waals surface area contributed by atoms with Crippen LogP contribution < -0.4 is 5.32 Å². The van der Waals surface area contributed by atoms with E-state index in [2.05, 4.69) is 10.3 Å². The van der Waals surface area contributed by atoms with Crippen molar-refractivity contribution in [3.63, 3.8) is 0 Å². The highest BCUT2D eigenvalue weighted by molar-refractivity contribution is 6.31. The molecule has 1 heterocycles. The Labute approximate surface area is 111 Å². The highest BCUT2D eigenvalue weighted by atomic mass is 35.5. The lowest BCUT2D eigenvalue weighted by Gasteiger charge is -2.08. The molecule has 2 rings (SSSR count). The molecule has 0 aliphatic heterocycles. The summed E-state index contributed by atoms with van der Waals surface area (Å²) in [5, 5.41) is 3.49. The van der Waals surface area contributed by atoms with E-state index in [0.29, 0.717) is 22.8 Å². The average Bonchev–Trinajstić information content (AvgIpc) is 2.38. The predicted octanol–water partition coefficient (Wildman–Crippen LogP) is 2.97. The second-order valence-corrected chi connectivity index (χ2v) is 4.32. The van der Waals surface area contributed by atoms with Crippen molar-refractivity contribution < 1.29 is 4.79 Å². The first kappa shape index (κ1) is 12.6. The molecule has 92 valence electrons. The highest BCUT2D eigenvalue weighted by Gasteiger charge is 2.09. The first-order chi connectivity index (χ1) is 8.68. The first-order valence-corrected chi connectivity index (χ1v) is 5.99. The van der Waals surface area contributed by atoms with Crippen LogP contribution in [0.1, 0.15) is 21.6 Å². The number of carbonyl (C=O) groups is 1. The Morgan fingerprint density at radius 3 is 2.78 bits per heavy atom. The van der Waals surface area contributed by atoms with Gasteiger partial charge < -0.3 is 5.32 Å². The fourth-order valence-electron chi connectivity index (χ4n) is 1.64. The van der Waals surface area contributed by atoms with Crippen LogP contribution in [-0.4, -0.2) is 10.9 Å². The summed E-state index contributed by atoms with van der Waals surface area (Å²) in [6.07, 6.45) is 1.67. The van der Waals surface area contributed by atoms with Gasteiger partial charge in [-0.3, -0.25) is 9.78 Å². The number of aromatic nitrogens is 1. The Kier molecular flexibility index (Phi) is 3.95. The molecule has 1 amide bonds. The van der Waals surface area contributed by atoms with Crippen LogP contribution >= 0.6 is 11.6 Å². The van der Waals surface area contributed by atoms with E-state index in [-0.39, 0.29) is 5.91 Å².